The van der Waals surface area contributed by atoms with Crippen LogP contribution >= 0.6 is 23.2 Å². The maximum atomic E-state index is 6.05. The van der Waals surface area contributed by atoms with Gasteiger partial charge in [-0.05, 0) is 18.6 Å². The fourth-order valence-corrected chi connectivity index (χ4v) is 1.61. The fraction of sp³-hybridized carbons (Fsp3) is 0.273. The van der Waals surface area contributed by atoms with Crippen LogP contribution < -0.4 is 5.32 Å². The second-order valence-electron chi connectivity index (χ2n) is 3.01. The molecule has 1 N–H and O–H groups in total. The van der Waals surface area contributed by atoms with E-state index in [-0.39, 0.29) is 6.04 Å². The molecule has 0 aliphatic rings. The van der Waals surface area contributed by atoms with Gasteiger partial charge in [-0.25, -0.2) is 0 Å². The lowest BCUT2D eigenvalue weighted by molar-refractivity contribution is 0.618. The summed E-state index contributed by atoms with van der Waals surface area (Å²) in [6, 6.07) is 8.06. The van der Waals surface area contributed by atoms with Crippen LogP contribution in [-0.2, 0) is 0 Å². The first-order chi connectivity index (χ1) is 6.75. The predicted octanol–water partition coefficient (Wildman–Crippen LogP) is 3.74. The zero-order valence-electron chi connectivity index (χ0n) is 8.00. The van der Waals surface area contributed by atoms with Crippen LogP contribution in [0.5, 0.6) is 0 Å². The van der Waals surface area contributed by atoms with Crippen molar-refractivity contribution in [3.63, 3.8) is 0 Å². The average molecular weight is 230 g/mol. The van der Waals surface area contributed by atoms with Crippen LogP contribution in [0.25, 0.3) is 0 Å². The highest BCUT2D eigenvalue weighted by Gasteiger charge is 2.06. The Morgan fingerprint density at radius 2 is 2.14 bits per heavy atom. The molecule has 1 nitrogen and oxygen atoms in total. The van der Waals surface area contributed by atoms with Crippen molar-refractivity contribution in [3.8, 4) is 0 Å². The van der Waals surface area contributed by atoms with Gasteiger partial charge in [0.2, 0.25) is 0 Å². The molecule has 0 unspecified atom stereocenters. The van der Waals surface area contributed by atoms with Crippen LogP contribution in [0.15, 0.2) is 35.9 Å². The molecule has 0 aromatic heterocycles. The van der Waals surface area contributed by atoms with Gasteiger partial charge < -0.3 is 5.32 Å². The van der Waals surface area contributed by atoms with Crippen LogP contribution in [0.3, 0.4) is 0 Å². The number of hydrogen-bond acceptors (Lipinski definition) is 1. The van der Waals surface area contributed by atoms with E-state index in [9.17, 15) is 0 Å². The van der Waals surface area contributed by atoms with E-state index in [0.717, 1.165) is 17.1 Å². The van der Waals surface area contributed by atoms with Crippen molar-refractivity contribution >= 4 is 23.2 Å². The van der Waals surface area contributed by atoms with E-state index in [0.29, 0.717) is 0 Å². The van der Waals surface area contributed by atoms with Gasteiger partial charge >= 0.3 is 0 Å². The average Bonchev–Trinajstić information content (AvgIpc) is 2.18. The Morgan fingerprint density at radius 1 is 1.43 bits per heavy atom. The van der Waals surface area contributed by atoms with Crippen LogP contribution in [0, 0.1) is 0 Å². The van der Waals surface area contributed by atoms with Crippen LogP contribution in [0.1, 0.15) is 18.5 Å². The molecular weight excluding hydrogens is 217 g/mol. The zero-order valence-corrected chi connectivity index (χ0v) is 9.52. The number of nitrogens with one attached hydrogen (secondary N) is 1. The third kappa shape index (κ3) is 3.33. The van der Waals surface area contributed by atoms with Gasteiger partial charge in [-0.3, -0.25) is 0 Å². The lowest BCUT2D eigenvalue weighted by atomic mass is 10.1. The smallest absolute Gasteiger partial charge is 0.0453 e. The van der Waals surface area contributed by atoms with Crippen LogP contribution in [0.2, 0.25) is 5.02 Å². The predicted molar refractivity (Wildman–Crippen MR) is 62.9 cm³/mol. The maximum absolute atomic E-state index is 6.05. The van der Waals surface area contributed by atoms with E-state index in [2.05, 4.69) is 12.2 Å². The lowest BCUT2D eigenvalue weighted by Gasteiger charge is -2.13. The van der Waals surface area contributed by atoms with Gasteiger partial charge in [-0.15, -0.1) is 0 Å². The highest BCUT2D eigenvalue weighted by Crippen LogP contribution is 2.21. The van der Waals surface area contributed by atoms with Crippen molar-refractivity contribution in [2.45, 2.75) is 13.0 Å². The molecule has 0 bridgehead atoms. The van der Waals surface area contributed by atoms with Crippen LogP contribution in [-0.4, -0.2) is 6.54 Å². The van der Waals surface area contributed by atoms with Crippen molar-refractivity contribution in [2.75, 3.05) is 6.54 Å². The molecule has 14 heavy (non-hydrogen) atoms. The van der Waals surface area contributed by atoms with Crippen molar-refractivity contribution < 1.29 is 0 Å². The Hall–Kier alpha value is -0.500. The third-order valence-corrected chi connectivity index (χ3v) is 2.53. The van der Waals surface area contributed by atoms with Crippen molar-refractivity contribution in [1.82, 2.24) is 5.32 Å². The molecule has 0 heterocycles. The minimum Gasteiger partial charge on any atom is -0.307 e. The summed E-state index contributed by atoms with van der Waals surface area (Å²) in [5.41, 5.74) is 2.61. The number of rotatable bonds is 4. The summed E-state index contributed by atoms with van der Waals surface area (Å²) in [6.07, 6.45) is 1.86. The van der Waals surface area contributed by atoms with E-state index < -0.39 is 0 Å². The first-order valence-corrected chi connectivity index (χ1v) is 5.30. The molecule has 0 amide bonds. The summed E-state index contributed by atoms with van der Waals surface area (Å²) in [5.74, 6) is 0. The highest BCUT2D eigenvalue weighted by molar-refractivity contribution is 6.31. The molecule has 0 fully saturated rings. The molecule has 1 aromatic carbocycles. The summed E-state index contributed by atoms with van der Waals surface area (Å²) >= 11 is 11.5. The van der Waals surface area contributed by atoms with E-state index in [1.54, 1.807) is 0 Å². The molecule has 0 spiro atoms. The minimum atomic E-state index is 0.233. The van der Waals surface area contributed by atoms with Gasteiger partial charge in [-0.2, -0.15) is 0 Å². The largest absolute Gasteiger partial charge is 0.307 e. The lowest BCUT2D eigenvalue weighted by Crippen LogP contribution is -2.18. The van der Waals surface area contributed by atoms with Crippen molar-refractivity contribution in [2.24, 2.45) is 0 Å². The molecule has 1 atom stereocenters. The summed E-state index contributed by atoms with van der Waals surface area (Å²) in [5, 5.41) is 4.08. The summed E-state index contributed by atoms with van der Waals surface area (Å²) in [7, 11) is 0. The number of halogens is 2. The molecule has 76 valence electrons. The first kappa shape index (κ1) is 11.6. The van der Waals surface area contributed by atoms with Gasteiger partial charge in [0.15, 0.2) is 0 Å². The molecule has 0 saturated heterocycles. The summed E-state index contributed by atoms with van der Waals surface area (Å²) < 4.78 is 0. The molecule has 0 aliphatic heterocycles. The SMILES string of the molecule is C[C@@H](NC/C=C/Cl)c1ccccc1Cl. The molecule has 1 aromatic rings. The zero-order chi connectivity index (χ0) is 10.4. The van der Waals surface area contributed by atoms with E-state index in [1.807, 2.05) is 30.3 Å². The first-order valence-electron chi connectivity index (χ1n) is 4.48. The Kier molecular flexibility index (Phi) is 5.02. The van der Waals surface area contributed by atoms with Gasteiger partial charge in [0.25, 0.3) is 0 Å². The summed E-state index contributed by atoms with van der Waals surface area (Å²) in [6.45, 7) is 2.82. The van der Waals surface area contributed by atoms with E-state index in [1.165, 1.54) is 5.54 Å². The molecule has 1 rings (SSSR count). The van der Waals surface area contributed by atoms with Crippen LogP contribution in [0.4, 0.5) is 0 Å². The molecule has 0 saturated carbocycles. The topological polar surface area (TPSA) is 12.0 Å². The van der Waals surface area contributed by atoms with Gasteiger partial charge in [0.1, 0.15) is 0 Å². The second-order valence-corrected chi connectivity index (χ2v) is 3.67. The standard InChI is InChI=1S/C11H13Cl2N/c1-9(14-8-4-7-12)10-5-2-3-6-11(10)13/h2-7,9,14H,8H2,1H3/b7-4+/t9-/m1/s1. The number of hydrogen-bond donors (Lipinski definition) is 1. The summed E-state index contributed by atoms with van der Waals surface area (Å²) in [4.78, 5) is 0. The Labute approximate surface area is 94.7 Å². The molecule has 0 radical (unpaired) electrons. The monoisotopic (exact) mass is 229 g/mol. The fourth-order valence-electron chi connectivity index (χ4n) is 1.23. The maximum Gasteiger partial charge on any atom is 0.0453 e. The third-order valence-electron chi connectivity index (χ3n) is 2.00. The molecule has 0 aliphatic carbocycles. The van der Waals surface area contributed by atoms with E-state index in [4.69, 9.17) is 23.2 Å². The normalized spacial score (nSPS) is 13.4. The Morgan fingerprint density at radius 3 is 2.79 bits per heavy atom. The highest BCUT2D eigenvalue weighted by atomic mass is 35.5. The van der Waals surface area contributed by atoms with Crippen molar-refractivity contribution in [3.05, 3.63) is 46.5 Å². The second kappa shape index (κ2) is 6.07. The van der Waals surface area contributed by atoms with E-state index >= 15 is 0 Å². The molecular formula is C11H13Cl2N. The minimum absolute atomic E-state index is 0.233. The Bertz CT molecular complexity index is 310. The number of benzene rings is 1. The van der Waals surface area contributed by atoms with Gasteiger partial charge in [0.05, 0.1) is 0 Å². The quantitative estimate of drug-likeness (QED) is 0.830. The molecule has 3 heteroatoms. The van der Waals surface area contributed by atoms with Gasteiger partial charge in [0, 0.05) is 23.1 Å². The Balaban J connectivity index is 2.60. The van der Waals surface area contributed by atoms with Gasteiger partial charge in [-0.1, -0.05) is 47.5 Å². The van der Waals surface area contributed by atoms with Crippen molar-refractivity contribution in [1.29, 1.82) is 0 Å².